The normalized spacial score (nSPS) is 11.0. The maximum atomic E-state index is 12.2. The molecule has 0 saturated heterocycles. The van der Waals surface area contributed by atoms with Gasteiger partial charge in [-0.1, -0.05) is 35.9 Å². The third-order valence-corrected chi connectivity index (χ3v) is 5.04. The lowest BCUT2D eigenvalue weighted by atomic mass is 10.1. The van der Waals surface area contributed by atoms with Gasteiger partial charge in [-0.25, -0.2) is 8.42 Å². The van der Waals surface area contributed by atoms with Gasteiger partial charge < -0.3 is 5.32 Å². The predicted molar refractivity (Wildman–Crippen MR) is 101 cm³/mol. The third-order valence-electron chi connectivity index (χ3n) is 3.51. The molecule has 0 spiro atoms. The summed E-state index contributed by atoms with van der Waals surface area (Å²) in [6.45, 7) is 4.04. The molecule has 2 rings (SSSR count). The van der Waals surface area contributed by atoms with E-state index in [-0.39, 0.29) is 12.5 Å². The van der Waals surface area contributed by atoms with E-state index in [9.17, 15) is 13.2 Å². The van der Waals surface area contributed by atoms with Crippen LogP contribution in [0, 0.1) is 0 Å². The summed E-state index contributed by atoms with van der Waals surface area (Å²) in [5, 5.41) is 3.38. The Hall–Kier alpha value is -2.31. The van der Waals surface area contributed by atoms with Gasteiger partial charge in [0.25, 0.3) is 5.91 Å². The molecule has 0 unspecified atom stereocenters. The zero-order chi connectivity index (χ0) is 18.4. The van der Waals surface area contributed by atoms with E-state index in [1.54, 1.807) is 30.3 Å². The third kappa shape index (κ3) is 5.08. The quantitative estimate of drug-likeness (QED) is 0.752. The van der Waals surface area contributed by atoms with E-state index in [2.05, 4.69) is 11.9 Å². The fraction of sp³-hybridized carbons (Fsp3) is 0.167. The maximum Gasteiger partial charge on any atom is 0.251 e. The van der Waals surface area contributed by atoms with Crippen LogP contribution in [0.15, 0.2) is 61.2 Å². The Balaban J connectivity index is 2.09. The van der Waals surface area contributed by atoms with Crippen molar-refractivity contribution in [2.24, 2.45) is 0 Å². The number of benzene rings is 2. The summed E-state index contributed by atoms with van der Waals surface area (Å²) in [5.74, 6) is -0.263. The number of anilines is 1. The summed E-state index contributed by atoms with van der Waals surface area (Å²) < 4.78 is 24.9. The van der Waals surface area contributed by atoms with Crippen molar-refractivity contribution in [1.29, 1.82) is 0 Å². The van der Waals surface area contributed by atoms with Gasteiger partial charge in [0.05, 0.1) is 18.5 Å². The van der Waals surface area contributed by atoms with Gasteiger partial charge in [-0.15, -0.1) is 6.58 Å². The van der Waals surface area contributed by atoms with Crippen LogP contribution in [0.1, 0.15) is 15.9 Å². The smallest absolute Gasteiger partial charge is 0.251 e. The molecule has 0 radical (unpaired) electrons. The van der Waals surface area contributed by atoms with Gasteiger partial charge in [0, 0.05) is 17.1 Å². The highest BCUT2D eigenvalue weighted by molar-refractivity contribution is 7.92. The second-order valence-electron chi connectivity index (χ2n) is 5.40. The Kier molecular flexibility index (Phi) is 6.22. The molecule has 0 aliphatic carbocycles. The minimum Gasteiger partial charge on any atom is -0.348 e. The monoisotopic (exact) mass is 378 g/mol. The minimum absolute atomic E-state index is 0.164. The largest absolute Gasteiger partial charge is 0.348 e. The molecular weight excluding hydrogens is 360 g/mol. The molecule has 0 aromatic heterocycles. The Bertz CT molecular complexity index is 864. The van der Waals surface area contributed by atoms with Crippen molar-refractivity contribution in [3.8, 4) is 0 Å². The molecule has 1 N–H and O–H groups in total. The van der Waals surface area contributed by atoms with E-state index in [0.29, 0.717) is 22.8 Å². The van der Waals surface area contributed by atoms with Crippen LogP contribution in [0.25, 0.3) is 0 Å². The lowest BCUT2D eigenvalue weighted by Gasteiger charge is -2.20. The van der Waals surface area contributed by atoms with Crippen molar-refractivity contribution in [3.05, 3.63) is 77.3 Å². The molecule has 0 bridgehead atoms. The Morgan fingerprint density at radius 2 is 1.84 bits per heavy atom. The molecule has 25 heavy (non-hydrogen) atoms. The molecule has 2 aromatic rings. The molecule has 0 atom stereocenters. The summed E-state index contributed by atoms with van der Waals surface area (Å²) in [6.07, 6.45) is 2.63. The molecule has 2 aromatic carbocycles. The van der Waals surface area contributed by atoms with Crippen LogP contribution in [0.5, 0.6) is 0 Å². The number of hydrogen-bond acceptors (Lipinski definition) is 3. The number of rotatable bonds is 7. The fourth-order valence-corrected chi connectivity index (χ4v) is 3.33. The minimum atomic E-state index is -3.42. The van der Waals surface area contributed by atoms with Crippen molar-refractivity contribution in [3.63, 3.8) is 0 Å². The number of nitrogens with one attached hydrogen (secondary N) is 1. The molecule has 0 aliphatic rings. The lowest BCUT2D eigenvalue weighted by Crippen LogP contribution is -2.30. The van der Waals surface area contributed by atoms with Gasteiger partial charge in [-0.05, 0) is 35.9 Å². The van der Waals surface area contributed by atoms with Gasteiger partial charge in [-0.2, -0.15) is 0 Å². The first kappa shape index (κ1) is 19.0. The van der Waals surface area contributed by atoms with E-state index < -0.39 is 10.0 Å². The van der Waals surface area contributed by atoms with Gasteiger partial charge >= 0.3 is 0 Å². The zero-order valence-electron chi connectivity index (χ0n) is 13.8. The highest BCUT2D eigenvalue weighted by Crippen LogP contribution is 2.19. The van der Waals surface area contributed by atoms with Crippen LogP contribution < -0.4 is 9.62 Å². The van der Waals surface area contributed by atoms with Crippen molar-refractivity contribution in [1.82, 2.24) is 5.32 Å². The standard InChI is InChI=1S/C18H19ClN2O3S/c1-3-12-21(25(2,23)24)16-10-8-14(9-11-16)18(22)20-13-15-6-4-5-7-17(15)19/h3-11H,1,12-13H2,2H3,(H,20,22). The molecule has 0 aliphatic heterocycles. The molecule has 7 heteroatoms. The molecule has 5 nitrogen and oxygen atoms in total. The first-order valence-corrected chi connectivity index (χ1v) is 9.76. The van der Waals surface area contributed by atoms with Gasteiger partial charge in [0.1, 0.15) is 0 Å². The van der Waals surface area contributed by atoms with Crippen LogP contribution in [0.2, 0.25) is 5.02 Å². The van der Waals surface area contributed by atoms with E-state index in [4.69, 9.17) is 11.6 Å². The average Bonchev–Trinajstić information content (AvgIpc) is 2.58. The second-order valence-corrected chi connectivity index (χ2v) is 7.72. The number of hydrogen-bond donors (Lipinski definition) is 1. The first-order chi connectivity index (χ1) is 11.8. The number of sulfonamides is 1. The van der Waals surface area contributed by atoms with Gasteiger partial charge in [-0.3, -0.25) is 9.10 Å². The topological polar surface area (TPSA) is 66.5 Å². The Morgan fingerprint density at radius 3 is 2.40 bits per heavy atom. The summed E-state index contributed by atoms with van der Waals surface area (Å²) in [6, 6.07) is 13.6. The van der Waals surface area contributed by atoms with Gasteiger partial charge in [0.2, 0.25) is 10.0 Å². The molecule has 132 valence electrons. The van der Waals surface area contributed by atoms with E-state index in [0.717, 1.165) is 11.8 Å². The number of amides is 1. The number of halogens is 1. The van der Waals surface area contributed by atoms with E-state index >= 15 is 0 Å². The first-order valence-electron chi connectivity index (χ1n) is 7.53. The molecular formula is C18H19ClN2O3S. The van der Waals surface area contributed by atoms with Crippen LogP contribution in [-0.2, 0) is 16.6 Å². The number of carbonyl (C=O) groups excluding carboxylic acids is 1. The second kappa shape index (κ2) is 8.18. The molecule has 0 heterocycles. The van der Waals surface area contributed by atoms with Crippen molar-refractivity contribution in [2.45, 2.75) is 6.54 Å². The predicted octanol–water partition coefficient (Wildman–Crippen LogP) is 3.22. The molecule has 0 fully saturated rings. The average molecular weight is 379 g/mol. The van der Waals surface area contributed by atoms with E-state index in [1.807, 2.05) is 18.2 Å². The summed E-state index contributed by atoms with van der Waals surface area (Å²) >= 11 is 6.06. The maximum absolute atomic E-state index is 12.2. The summed E-state index contributed by atoms with van der Waals surface area (Å²) in [5.41, 5.74) is 1.73. The van der Waals surface area contributed by atoms with Crippen LogP contribution in [0.4, 0.5) is 5.69 Å². The Labute approximate surface area is 153 Å². The number of carbonyl (C=O) groups is 1. The lowest BCUT2D eigenvalue weighted by molar-refractivity contribution is 0.0951. The molecule has 1 amide bonds. The SMILES string of the molecule is C=CCN(c1ccc(C(=O)NCc2ccccc2Cl)cc1)S(C)(=O)=O. The van der Waals surface area contributed by atoms with Crippen LogP contribution >= 0.6 is 11.6 Å². The number of nitrogens with zero attached hydrogens (tertiary/aromatic N) is 1. The fourth-order valence-electron chi connectivity index (χ4n) is 2.25. The zero-order valence-corrected chi connectivity index (χ0v) is 15.3. The van der Waals surface area contributed by atoms with Crippen molar-refractivity contribution in [2.75, 3.05) is 17.1 Å². The van der Waals surface area contributed by atoms with Crippen molar-refractivity contribution < 1.29 is 13.2 Å². The highest BCUT2D eigenvalue weighted by atomic mass is 35.5. The van der Waals surface area contributed by atoms with Gasteiger partial charge in [0.15, 0.2) is 0 Å². The summed E-state index contributed by atoms with van der Waals surface area (Å²) in [4.78, 5) is 12.2. The van der Waals surface area contributed by atoms with Crippen molar-refractivity contribution >= 4 is 33.2 Å². The highest BCUT2D eigenvalue weighted by Gasteiger charge is 2.16. The van der Waals surface area contributed by atoms with E-state index in [1.165, 1.54) is 10.4 Å². The summed E-state index contributed by atoms with van der Waals surface area (Å²) in [7, 11) is -3.42. The Morgan fingerprint density at radius 1 is 1.20 bits per heavy atom. The van der Waals surface area contributed by atoms with Crippen LogP contribution in [0.3, 0.4) is 0 Å². The molecule has 0 saturated carbocycles. The van der Waals surface area contributed by atoms with Crippen LogP contribution in [-0.4, -0.2) is 27.1 Å².